The maximum Gasteiger partial charge on any atom is 0.404 e. The number of nitrogens with one attached hydrogen (secondary N) is 2. The van der Waals surface area contributed by atoms with Crippen molar-refractivity contribution in [1.29, 1.82) is 0 Å². The molecule has 2 aromatic carbocycles. The molecule has 0 aliphatic carbocycles. The Bertz CT molecular complexity index is 2540. The first-order valence-electron chi connectivity index (χ1n) is 23.1. The molecule has 0 spiro atoms. The fraction of sp³-hybridized carbons (Fsp3) is 0.542. The summed E-state index contributed by atoms with van der Waals surface area (Å²) < 4.78 is 58.1. The van der Waals surface area contributed by atoms with Crippen LogP contribution in [0.15, 0.2) is 59.5 Å². The average Bonchev–Trinajstić information content (AvgIpc) is 3.93. The fourth-order valence-corrected chi connectivity index (χ4v) is 12.4. The van der Waals surface area contributed by atoms with Gasteiger partial charge in [0.1, 0.15) is 12.1 Å². The van der Waals surface area contributed by atoms with E-state index in [1.54, 1.807) is 11.0 Å². The van der Waals surface area contributed by atoms with Crippen molar-refractivity contribution in [2.24, 2.45) is 11.8 Å². The van der Waals surface area contributed by atoms with Crippen LogP contribution in [0, 0.1) is 18.4 Å². The maximum atomic E-state index is 16.6. The van der Waals surface area contributed by atoms with E-state index >= 15 is 8.78 Å². The molecule has 0 radical (unpaired) electrons. The van der Waals surface area contributed by atoms with Crippen molar-refractivity contribution < 1.29 is 51.2 Å². The van der Waals surface area contributed by atoms with Crippen molar-refractivity contribution in [3.8, 4) is 0 Å². The van der Waals surface area contributed by atoms with Crippen LogP contribution in [-0.4, -0.2) is 129 Å². The summed E-state index contributed by atoms with van der Waals surface area (Å²) in [5.74, 6) is -2.39. The number of fused-ring (bicyclic) bond motifs is 2. The average molecular weight is 1010 g/mol. The van der Waals surface area contributed by atoms with E-state index in [1.165, 1.54) is 53.3 Å². The smallest absolute Gasteiger partial charge is 0.340 e. The molecule has 0 bridgehead atoms. The number of aromatic amines is 1. The van der Waals surface area contributed by atoms with Crippen LogP contribution in [-0.2, 0) is 43.2 Å². The van der Waals surface area contributed by atoms with E-state index < -0.39 is 73.9 Å². The zero-order chi connectivity index (χ0) is 50.2. The molecule has 0 saturated carbocycles. The normalized spacial score (nSPS) is 21.0. The van der Waals surface area contributed by atoms with Gasteiger partial charge in [0.25, 0.3) is 5.91 Å². The highest BCUT2D eigenvalue weighted by Gasteiger charge is 2.55. The highest BCUT2D eigenvalue weighted by Crippen LogP contribution is 2.67. The second kappa shape index (κ2) is 23.3. The monoisotopic (exact) mass is 1010 g/mol. The van der Waals surface area contributed by atoms with Gasteiger partial charge in [0.05, 0.1) is 25.7 Å². The quantitative estimate of drug-likeness (QED) is 0.0751. The summed E-state index contributed by atoms with van der Waals surface area (Å²) in [5.41, 5.74) is -4.69. The molecule has 3 aromatic rings. The number of likely N-dealkylation sites (tertiary alicyclic amines) is 1. The maximum absolute atomic E-state index is 16.6. The van der Waals surface area contributed by atoms with Gasteiger partial charge in [-0.05, 0) is 71.7 Å². The van der Waals surface area contributed by atoms with Crippen LogP contribution in [0.4, 0.5) is 8.78 Å². The van der Waals surface area contributed by atoms with Gasteiger partial charge in [-0.2, -0.15) is 8.78 Å². The van der Waals surface area contributed by atoms with Gasteiger partial charge in [-0.15, -0.1) is 0 Å². The molecule has 21 heteroatoms. The van der Waals surface area contributed by atoms with Crippen LogP contribution >= 0.6 is 31.1 Å². The number of thioether (sulfide) groups is 2. The van der Waals surface area contributed by atoms with Crippen molar-refractivity contribution in [3.05, 3.63) is 93.2 Å². The lowest BCUT2D eigenvalue weighted by Gasteiger charge is -2.39. The Morgan fingerprint density at radius 1 is 0.870 bits per heavy atom. The van der Waals surface area contributed by atoms with Crippen molar-refractivity contribution in [2.45, 2.75) is 102 Å². The molecule has 2 N–H and O–H groups in total. The number of halogens is 2. The second-order valence-electron chi connectivity index (χ2n) is 18.4. The van der Waals surface area contributed by atoms with Crippen molar-refractivity contribution in [3.63, 3.8) is 0 Å². The van der Waals surface area contributed by atoms with Crippen LogP contribution in [0.5, 0.6) is 0 Å². The summed E-state index contributed by atoms with van der Waals surface area (Å²) in [6.07, 6.45) is 3.18. The summed E-state index contributed by atoms with van der Waals surface area (Å²) in [7, 11) is -5.32. The van der Waals surface area contributed by atoms with Crippen molar-refractivity contribution in [2.75, 3.05) is 50.9 Å². The summed E-state index contributed by atoms with van der Waals surface area (Å²) >= 11 is 1.75. The highest BCUT2D eigenvalue weighted by atomic mass is 32.2. The number of hydrogen-bond donors (Lipinski definition) is 2. The number of amides is 4. The molecule has 69 heavy (non-hydrogen) atoms. The predicted octanol–water partition coefficient (Wildman–Crippen LogP) is 7.04. The molecule has 0 unspecified atom stereocenters. The number of pyridine rings is 1. The van der Waals surface area contributed by atoms with Crippen molar-refractivity contribution in [1.82, 2.24) is 25.0 Å². The highest BCUT2D eigenvalue weighted by molar-refractivity contribution is 8.13. The largest absolute Gasteiger partial charge is 0.404 e. The third kappa shape index (κ3) is 13.1. The van der Waals surface area contributed by atoms with Crippen molar-refractivity contribution >= 4 is 75.8 Å². The number of rotatable bonds is 18. The molecule has 4 heterocycles. The predicted molar refractivity (Wildman–Crippen MR) is 260 cm³/mol. The minimum Gasteiger partial charge on any atom is -0.340 e. The van der Waals surface area contributed by atoms with Crippen LogP contribution in [0.3, 0.4) is 0 Å². The topological polar surface area (TPSA) is 197 Å². The first-order chi connectivity index (χ1) is 32.7. The van der Waals surface area contributed by atoms with Crippen LogP contribution < -0.4 is 10.9 Å². The standard InChI is InChI=1S/C48H59F2N6O10PS2/c1-29(2)21-43(59)68-19-17-65-67(64,66-18-20-69-44(60)22-30(3)4)48(49,50)36-10-9-32-7-8-34(23-35(32)24-36)45(61)53-40-28-54(31(5)57)16-14-37-11-12-41(56(37)46(40)62)47(63)55-26-38(39(27-55)51-6)33-13-15-52-42(58)25-33/h7-10,13,15,23-25,29-30,37-41H,11-12,14,16-22,26-28H2,1-5H3,(H,52,58)(H,53,61)/t37-,38-,39+,40+,41+/m1/s1. The fourth-order valence-electron chi connectivity index (χ4n) is 8.92. The van der Waals surface area contributed by atoms with Gasteiger partial charge in [-0.1, -0.05) is 69.4 Å². The van der Waals surface area contributed by atoms with Gasteiger partial charge in [-0.25, -0.2) is 6.57 Å². The molecule has 1 aromatic heterocycles. The Hall–Kier alpha value is -4.93. The lowest BCUT2D eigenvalue weighted by molar-refractivity contribution is -0.148. The molecule has 3 aliphatic rings. The number of benzene rings is 2. The Kier molecular flexibility index (Phi) is 18.1. The van der Waals surface area contributed by atoms with Gasteiger partial charge >= 0.3 is 13.3 Å². The number of carbonyl (C=O) groups excluding carboxylic acids is 6. The van der Waals surface area contributed by atoms with Gasteiger partial charge in [-0.3, -0.25) is 38.1 Å². The Labute approximate surface area is 408 Å². The molecular formula is C48H59F2N6O10PS2. The SMILES string of the molecule is [C-]#[N+][C@H]1CN(C(=O)[C@@H]2CC[C@@H]3CCN(C(C)=O)C[C@H](NC(=O)c4ccc5ccc(C(F)(F)P(=O)(OCCSC(=O)CC(C)C)OCCSC(=O)CC(C)C)cc5c4)C(=O)N32)C[C@@H]1c1cc[nH]c(=O)c1. The molecule has 5 atom stereocenters. The summed E-state index contributed by atoms with van der Waals surface area (Å²) in [5, 5.41) is 3.00. The minimum atomic E-state index is -5.32. The van der Waals surface area contributed by atoms with Gasteiger partial charge < -0.3 is 38.9 Å². The number of carbonyl (C=O) groups is 6. The Morgan fingerprint density at radius 3 is 2.13 bits per heavy atom. The third-order valence-electron chi connectivity index (χ3n) is 12.4. The molecular weight excluding hydrogens is 954 g/mol. The zero-order valence-corrected chi connectivity index (χ0v) is 41.8. The van der Waals surface area contributed by atoms with Gasteiger partial charge in [0, 0.05) is 80.3 Å². The number of hydrogen-bond acceptors (Lipinski definition) is 12. The number of alkyl halides is 2. The molecule has 3 aliphatic heterocycles. The summed E-state index contributed by atoms with van der Waals surface area (Å²) in [6, 6.07) is 7.68. The Morgan fingerprint density at radius 2 is 1.52 bits per heavy atom. The van der Waals surface area contributed by atoms with E-state index in [9.17, 15) is 38.1 Å². The Balaban J connectivity index is 1.21. The van der Waals surface area contributed by atoms with E-state index in [-0.39, 0.29) is 101 Å². The molecule has 16 nitrogen and oxygen atoms in total. The van der Waals surface area contributed by atoms with E-state index in [0.717, 1.165) is 35.7 Å². The molecule has 3 fully saturated rings. The van der Waals surface area contributed by atoms with E-state index in [0.29, 0.717) is 30.2 Å². The number of aromatic nitrogens is 1. The molecule has 3 saturated heterocycles. The summed E-state index contributed by atoms with van der Waals surface area (Å²) in [6.45, 7) is 16.0. The van der Waals surface area contributed by atoms with E-state index in [1.807, 2.05) is 27.7 Å². The lowest BCUT2D eigenvalue weighted by Crippen LogP contribution is -2.61. The van der Waals surface area contributed by atoms with Gasteiger partial charge in [0.2, 0.25) is 29.3 Å². The van der Waals surface area contributed by atoms with Crippen LogP contribution in [0.2, 0.25) is 0 Å². The minimum absolute atomic E-state index is 0.0206. The molecule has 4 amide bonds. The summed E-state index contributed by atoms with van der Waals surface area (Å²) in [4.78, 5) is 103. The van der Waals surface area contributed by atoms with E-state index in [4.69, 9.17) is 15.6 Å². The number of nitrogens with zero attached hydrogens (tertiary/aromatic N) is 4. The second-order valence-corrected chi connectivity index (χ2v) is 22.8. The van der Waals surface area contributed by atoms with Gasteiger partial charge in [0.15, 0.2) is 10.2 Å². The zero-order valence-electron chi connectivity index (χ0n) is 39.3. The molecule has 6 rings (SSSR count). The lowest BCUT2D eigenvalue weighted by atomic mass is 9.96. The first-order valence-corrected chi connectivity index (χ1v) is 26.6. The van der Waals surface area contributed by atoms with E-state index in [2.05, 4.69) is 15.1 Å². The number of H-pyrrole nitrogens is 1. The van der Waals surface area contributed by atoms with Crippen LogP contribution in [0.25, 0.3) is 15.6 Å². The third-order valence-corrected chi connectivity index (χ3v) is 16.1. The molecule has 372 valence electrons. The first kappa shape index (κ1) is 53.4. The van der Waals surface area contributed by atoms with Crippen LogP contribution in [0.1, 0.15) is 94.1 Å².